The van der Waals surface area contributed by atoms with Gasteiger partial charge in [-0.2, -0.15) is 17.0 Å². The fourth-order valence-corrected chi connectivity index (χ4v) is 4.55. The number of nitrogens with one attached hydrogen (secondary N) is 2. The van der Waals surface area contributed by atoms with Crippen molar-refractivity contribution in [1.82, 2.24) is 18.6 Å². The van der Waals surface area contributed by atoms with E-state index in [2.05, 4.69) is 15.3 Å². The molecule has 3 heterocycles. The second kappa shape index (κ2) is 6.67. The van der Waals surface area contributed by atoms with E-state index < -0.39 is 10.2 Å². The molecule has 0 fully saturated rings. The molecule has 9 nitrogen and oxygen atoms in total. The number of carbonyl (C=O) groups excluding carboxylic acids is 1. The summed E-state index contributed by atoms with van der Waals surface area (Å²) in [4.78, 5) is 30.8. The van der Waals surface area contributed by atoms with Crippen LogP contribution < -0.4 is 10.9 Å². The van der Waals surface area contributed by atoms with Gasteiger partial charge in [-0.1, -0.05) is 0 Å². The summed E-state index contributed by atoms with van der Waals surface area (Å²) in [5.74, 6) is -0.389. The molecule has 0 saturated heterocycles. The monoisotopic (exact) mass is 383 g/mol. The molecular formula is C14H17N5O4S2. The number of aromatic amines is 1. The average Bonchev–Trinajstić information content (AvgIpc) is 2.96. The highest BCUT2D eigenvalue weighted by Gasteiger charge is 2.30. The summed E-state index contributed by atoms with van der Waals surface area (Å²) in [7, 11) is -0.492. The summed E-state index contributed by atoms with van der Waals surface area (Å²) in [5, 5.41) is 3.09. The first kappa shape index (κ1) is 17.7. The average molecular weight is 383 g/mol. The van der Waals surface area contributed by atoms with Crippen molar-refractivity contribution in [2.75, 3.05) is 26.0 Å². The van der Waals surface area contributed by atoms with Gasteiger partial charge >= 0.3 is 0 Å². The number of thiazole rings is 1. The Kier molecular flexibility index (Phi) is 4.73. The first-order chi connectivity index (χ1) is 11.8. The van der Waals surface area contributed by atoms with Crippen LogP contribution in [0.2, 0.25) is 0 Å². The van der Waals surface area contributed by atoms with Crippen molar-refractivity contribution in [3.05, 3.63) is 44.8 Å². The molecular weight excluding hydrogens is 366 g/mol. The molecule has 2 N–H and O–H groups in total. The van der Waals surface area contributed by atoms with Gasteiger partial charge in [-0.25, -0.2) is 4.98 Å². The lowest BCUT2D eigenvalue weighted by Crippen LogP contribution is -2.42. The predicted octanol–water partition coefficient (Wildman–Crippen LogP) is 0.248. The van der Waals surface area contributed by atoms with Crippen LogP contribution in [0.25, 0.3) is 0 Å². The molecule has 134 valence electrons. The van der Waals surface area contributed by atoms with Crippen molar-refractivity contribution in [1.29, 1.82) is 0 Å². The molecule has 0 aliphatic carbocycles. The first-order valence-corrected chi connectivity index (χ1v) is 9.65. The van der Waals surface area contributed by atoms with Gasteiger partial charge in [0, 0.05) is 44.2 Å². The lowest BCUT2D eigenvalue weighted by atomic mass is 10.2. The van der Waals surface area contributed by atoms with E-state index in [1.807, 2.05) is 0 Å². The summed E-state index contributed by atoms with van der Waals surface area (Å²) in [6.45, 7) is 0.590. The van der Waals surface area contributed by atoms with Crippen LogP contribution in [0, 0.1) is 0 Å². The third kappa shape index (κ3) is 3.63. The van der Waals surface area contributed by atoms with Gasteiger partial charge in [0.05, 0.1) is 17.8 Å². The van der Waals surface area contributed by atoms with Gasteiger partial charge in [-0.3, -0.25) is 14.9 Å². The summed E-state index contributed by atoms with van der Waals surface area (Å²) >= 11 is 1.25. The first-order valence-electron chi connectivity index (χ1n) is 7.43. The highest BCUT2D eigenvalue weighted by atomic mass is 32.2. The molecule has 11 heteroatoms. The van der Waals surface area contributed by atoms with Gasteiger partial charge in [-0.15, -0.1) is 11.3 Å². The number of H-pyrrole nitrogens is 1. The Balaban J connectivity index is 1.75. The molecule has 2 aromatic rings. The van der Waals surface area contributed by atoms with E-state index in [-0.39, 0.29) is 18.0 Å². The van der Waals surface area contributed by atoms with Gasteiger partial charge in [0.2, 0.25) is 5.56 Å². The topological polar surface area (TPSA) is 115 Å². The molecule has 1 amide bonds. The van der Waals surface area contributed by atoms with Crippen molar-refractivity contribution >= 4 is 32.6 Å². The Morgan fingerprint density at radius 3 is 2.80 bits per heavy atom. The van der Waals surface area contributed by atoms with E-state index in [9.17, 15) is 18.0 Å². The zero-order chi connectivity index (χ0) is 18.2. The maximum Gasteiger partial charge on any atom is 0.281 e. The van der Waals surface area contributed by atoms with Crippen LogP contribution in [0.3, 0.4) is 0 Å². The Labute approximate surface area is 148 Å². The quantitative estimate of drug-likeness (QED) is 0.785. The minimum absolute atomic E-state index is 0.238. The van der Waals surface area contributed by atoms with Gasteiger partial charge in [0.1, 0.15) is 0 Å². The molecule has 0 spiro atoms. The number of carbonyl (C=O) groups is 1. The number of aromatic nitrogens is 2. The van der Waals surface area contributed by atoms with Gasteiger partial charge in [0.25, 0.3) is 16.1 Å². The number of nitrogens with zero attached hydrogens (tertiary/aromatic N) is 3. The molecule has 2 aromatic heterocycles. The molecule has 0 aromatic carbocycles. The third-order valence-electron chi connectivity index (χ3n) is 3.75. The number of pyridine rings is 1. The van der Waals surface area contributed by atoms with Gasteiger partial charge in [0.15, 0.2) is 5.13 Å². The van der Waals surface area contributed by atoms with Crippen LogP contribution in [0.5, 0.6) is 0 Å². The van der Waals surface area contributed by atoms with E-state index in [4.69, 9.17) is 0 Å². The fourth-order valence-electron chi connectivity index (χ4n) is 2.37. The smallest absolute Gasteiger partial charge is 0.281 e. The molecule has 25 heavy (non-hydrogen) atoms. The minimum Gasteiger partial charge on any atom is -0.328 e. The van der Waals surface area contributed by atoms with Crippen LogP contribution >= 0.6 is 11.3 Å². The van der Waals surface area contributed by atoms with E-state index in [1.165, 1.54) is 52.4 Å². The third-order valence-corrected chi connectivity index (χ3v) is 6.64. The molecule has 0 saturated carbocycles. The van der Waals surface area contributed by atoms with Crippen LogP contribution in [0.15, 0.2) is 23.1 Å². The summed E-state index contributed by atoms with van der Waals surface area (Å²) < 4.78 is 27.0. The number of anilines is 1. The van der Waals surface area contributed by atoms with Crippen molar-refractivity contribution in [2.24, 2.45) is 0 Å². The van der Waals surface area contributed by atoms with Gasteiger partial charge in [-0.05, 0) is 6.07 Å². The predicted molar refractivity (Wildman–Crippen MR) is 93.9 cm³/mol. The molecule has 0 unspecified atom stereocenters. The zero-order valence-electron chi connectivity index (χ0n) is 13.6. The number of hydrogen-bond acceptors (Lipinski definition) is 6. The standard InChI is InChI=1S/C14H17N5O4S2/c1-18(2)25(22,23)19-6-5-10-11(8-19)24-14(16-10)17-13(21)9-3-4-12(20)15-7-9/h3-4,7H,5-6,8H2,1-2H3,(H,15,20)(H,16,17,21). The van der Waals surface area contributed by atoms with Gasteiger partial charge < -0.3 is 4.98 Å². The van der Waals surface area contributed by atoms with Crippen LogP contribution in [-0.4, -0.2) is 53.5 Å². The molecule has 0 atom stereocenters. The maximum atomic E-state index is 12.2. The van der Waals surface area contributed by atoms with Crippen molar-refractivity contribution < 1.29 is 13.2 Å². The maximum absolute atomic E-state index is 12.2. The van der Waals surface area contributed by atoms with E-state index >= 15 is 0 Å². The molecule has 0 radical (unpaired) electrons. The van der Waals surface area contributed by atoms with E-state index in [1.54, 1.807) is 0 Å². The Bertz CT molecular complexity index is 943. The van der Waals surface area contributed by atoms with Crippen molar-refractivity contribution in [2.45, 2.75) is 13.0 Å². The molecule has 0 bridgehead atoms. The number of rotatable bonds is 4. The zero-order valence-corrected chi connectivity index (χ0v) is 15.3. The number of amides is 1. The Morgan fingerprint density at radius 1 is 1.40 bits per heavy atom. The summed E-state index contributed by atoms with van der Waals surface area (Å²) in [6.07, 6.45) is 1.82. The van der Waals surface area contributed by atoms with Crippen LogP contribution in [-0.2, 0) is 23.2 Å². The highest BCUT2D eigenvalue weighted by Crippen LogP contribution is 2.30. The summed E-state index contributed by atoms with van der Waals surface area (Å²) in [6, 6.07) is 2.69. The normalized spacial score (nSPS) is 15.2. The molecule has 3 rings (SSSR count). The lowest BCUT2D eigenvalue weighted by Gasteiger charge is -2.27. The van der Waals surface area contributed by atoms with E-state index in [0.29, 0.717) is 23.7 Å². The number of fused-ring (bicyclic) bond motifs is 1. The minimum atomic E-state index is -3.48. The van der Waals surface area contributed by atoms with Crippen LogP contribution in [0.1, 0.15) is 20.9 Å². The largest absolute Gasteiger partial charge is 0.328 e. The Hall–Kier alpha value is -2.08. The SMILES string of the molecule is CN(C)S(=O)(=O)N1CCc2nc(NC(=O)c3ccc(=O)[nH]c3)sc2C1. The lowest BCUT2D eigenvalue weighted by molar-refractivity contribution is 0.102. The van der Waals surface area contributed by atoms with Crippen molar-refractivity contribution in [3.8, 4) is 0 Å². The molecule has 1 aliphatic rings. The Morgan fingerprint density at radius 2 is 2.16 bits per heavy atom. The second-order valence-corrected chi connectivity index (χ2v) is 8.88. The van der Waals surface area contributed by atoms with E-state index in [0.717, 1.165) is 10.6 Å². The fraction of sp³-hybridized carbons (Fsp3) is 0.357. The highest BCUT2D eigenvalue weighted by molar-refractivity contribution is 7.86. The summed E-state index contributed by atoms with van der Waals surface area (Å²) in [5.41, 5.74) is 0.819. The van der Waals surface area contributed by atoms with Crippen LogP contribution in [0.4, 0.5) is 5.13 Å². The molecule has 1 aliphatic heterocycles. The number of hydrogen-bond donors (Lipinski definition) is 2. The second-order valence-electron chi connectivity index (χ2n) is 5.66. The van der Waals surface area contributed by atoms with Crippen molar-refractivity contribution in [3.63, 3.8) is 0 Å².